The third-order valence-corrected chi connectivity index (χ3v) is 3.41. The molecular weight excluding hydrogens is 286 g/mol. The number of carbonyl (C=O) groups is 3. The Labute approximate surface area is 127 Å². The molecule has 0 saturated carbocycles. The highest BCUT2D eigenvalue weighted by Crippen LogP contribution is 2.23. The van der Waals surface area contributed by atoms with Gasteiger partial charge >= 0.3 is 0 Å². The molecule has 0 bridgehead atoms. The van der Waals surface area contributed by atoms with Crippen LogP contribution in [0.25, 0.3) is 0 Å². The van der Waals surface area contributed by atoms with Crippen molar-refractivity contribution < 1.29 is 19.5 Å². The van der Waals surface area contributed by atoms with Gasteiger partial charge in [-0.05, 0) is 24.6 Å². The van der Waals surface area contributed by atoms with Gasteiger partial charge < -0.3 is 15.7 Å². The van der Waals surface area contributed by atoms with Gasteiger partial charge in [-0.3, -0.25) is 19.3 Å². The molecule has 0 unspecified atom stereocenters. The topological polar surface area (TPSA) is 98.7 Å². The molecule has 3 N–H and O–H groups in total. The maximum atomic E-state index is 12.1. The van der Waals surface area contributed by atoms with E-state index in [1.54, 1.807) is 25.1 Å². The summed E-state index contributed by atoms with van der Waals surface area (Å²) in [6.07, 6.45) is 1.18. The number of rotatable bonds is 5. The van der Waals surface area contributed by atoms with Gasteiger partial charge in [0, 0.05) is 24.4 Å². The average Bonchev–Trinajstić information content (AvgIpc) is 2.76. The lowest BCUT2D eigenvalue weighted by molar-refractivity contribution is -0.137. The summed E-state index contributed by atoms with van der Waals surface area (Å²) >= 11 is 0. The summed E-state index contributed by atoms with van der Waals surface area (Å²) < 4.78 is 0. The molecule has 0 radical (unpaired) electrons. The molecule has 1 heterocycles. The van der Waals surface area contributed by atoms with Crippen LogP contribution in [0.15, 0.2) is 30.0 Å². The van der Waals surface area contributed by atoms with Crippen LogP contribution in [0.1, 0.15) is 15.9 Å². The van der Waals surface area contributed by atoms with E-state index in [0.29, 0.717) is 16.8 Å². The Morgan fingerprint density at radius 1 is 1.32 bits per heavy atom. The van der Waals surface area contributed by atoms with E-state index in [9.17, 15) is 14.4 Å². The summed E-state index contributed by atoms with van der Waals surface area (Å²) in [7, 11) is 1.54. The van der Waals surface area contributed by atoms with Gasteiger partial charge in [0.2, 0.25) is 0 Å². The first-order valence-corrected chi connectivity index (χ1v) is 6.76. The molecule has 1 aromatic carbocycles. The molecule has 0 fully saturated rings. The number of carbonyl (C=O) groups excluding carboxylic acids is 3. The monoisotopic (exact) mass is 303 g/mol. The molecule has 116 valence electrons. The Morgan fingerprint density at radius 2 is 2.05 bits per heavy atom. The quantitative estimate of drug-likeness (QED) is 0.666. The van der Waals surface area contributed by atoms with Crippen molar-refractivity contribution in [1.29, 1.82) is 0 Å². The molecule has 7 heteroatoms. The number of anilines is 1. The van der Waals surface area contributed by atoms with Gasteiger partial charge in [0.15, 0.2) is 0 Å². The standard InChI is InChI=1S/C15H17N3O4/c1-9-10(14(21)16-2)4-3-5-11(9)17-12-8-13(20)18(6-7-19)15(12)22/h3-5,8,17,19H,6-7H2,1-2H3,(H,16,21). The highest BCUT2D eigenvalue weighted by molar-refractivity contribution is 6.17. The van der Waals surface area contributed by atoms with Crippen molar-refractivity contribution >= 4 is 23.4 Å². The predicted molar refractivity (Wildman–Crippen MR) is 80.1 cm³/mol. The van der Waals surface area contributed by atoms with Crippen LogP contribution in [-0.4, -0.2) is 47.9 Å². The maximum Gasteiger partial charge on any atom is 0.277 e. The summed E-state index contributed by atoms with van der Waals surface area (Å²) in [5.41, 5.74) is 1.84. The number of aliphatic hydroxyl groups excluding tert-OH is 1. The summed E-state index contributed by atoms with van der Waals surface area (Å²) in [6.45, 7) is 1.42. The Kier molecular flexibility index (Phi) is 4.57. The molecule has 3 amide bonds. The number of imide groups is 1. The van der Waals surface area contributed by atoms with E-state index in [0.717, 1.165) is 4.90 Å². The SMILES string of the molecule is CNC(=O)c1cccc(NC2=CC(=O)N(CCO)C2=O)c1C. The van der Waals surface area contributed by atoms with Gasteiger partial charge in [0.25, 0.3) is 17.7 Å². The fourth-order valence-electron chi connectivity index (χ4n) is 2.21. The summed E-state index contributed by atoms with van der Waals surface area (Å²) in [4.78, 5) is 36.5. The number of hydrogen-bond donors (Lipinski definition) is 3. The second-order valence-electron chi connectivity index (χ2n) is 4.76. The van der Waals surface area contributed by atoms with Crippen LogP contribution < -0.4 is 10.6 Å². The molecule has 0 saturated heterocycles. The van der Waals surface area contributed by atoms with Gasteiger partial charge in [-0.15, -0.1) is 0 Å². The van der Waals surface area contributed by atoms with Crippen LogP contribution in [-0.2, 0) is 9.59 Å². The first-order chi connectivity index (χ1) is 10.5. The lowest BCUT2D eigenvalue weighted by Gasteiger charge is -2.15. The third-order valence-electron chi connectivity index (χ3n) is 3.41. The highest BCUT2D eigenvalue weighted by atomic mass is 16.3. The zero-order valence-corrected chi connectivity index (χ0v) is 12.3. The van der Waals surface area contributed by atoms with Crippen molar-refractivity contribution in [1.82, 2.24) is 10.2 Å². The Morgan fingerprint density at radius 3 is 2.68 bits per heavy atom. The number of aliphatic hydroxyl groups is 1. The largest absolute Gasteiger partial charge is 0.395 e. The first kappa shape index (κ1) is 15.7. The number of nitrogens with zero attached hydrogens (tertiary/aromatic N) is 1. The smallest absolute Gasteiger partial charge is 0.277 e. The van der Waals surface area contributed by atoms with Crippen molar-refractivity contribution in [2.45, 2.75) is 6.92 Å². The van der Waals surface area contributed by atoms with Crippen LogP contribution >= 0.6 is 0 Å². The zero-order chi connectivity index (χ0) is 16.3. The molecule has 1 aliphatic rings. The summed E-state index contributed by atoms with van der Waals surface area (Å²) in [5, 5.41) is 14.3. The first-order valence-electron chi connectivity index (χ1n) is 6.76. The number of nitrogens with one attached hydrogen (secondary N) is 2. The van der Waals surface area contributed by atoms with E-state index in [1.165, 1.54) is 13.1 Å². The molecule has 7 nitrogen and oxygen atoms in total. The highest BCUT2D eigenvalue weighted by Gasteiger charge is 2.30. The summed E-state index contributed by atoms with van der Waals surface area (Å²) in [6, 6.07) is 5.08. The van der Waals surface area contributed by atoms with Crippen molar-refractivity contribution in [2.75, 3.05) is 25.5 Å². The van der Waals surface area contributed by atoms with E-state index in [4.69, 9.17) is 5.11 Å². The third kappa shape index (κ3) is 2.84. The molecule has 0 aromatic heterocycles. The molecule has 1 aliphatic heterocycles. The van der Waals surface area contributed by atoms with Gasteiger partial charge in [-0.1, -0.05) is 6.07 Å². The molecule has 0 atom stereocenters. The van der Waals surface area contributed by atoms with E-state index < -0.39 is 11.8 Å². The van der Waals surface area contributed by atoms with E-state index in [1.807, 2.05) is 0 Å². The van der Waals surface area contributed by atoms with E-state index in [2.05, 4.69) is 10.6 Å². The fraction of sp³-hybridized carbons (Fsp3) is 0.267. The van der Waals surface area contributed by atoms with Crippen molar-refractivity contribution in [3.63, 3.8) is 0 Å². The fourth-order valence-corrected chi connectivity index (χ4v) is 2.21. The van der Waals surface area contributed by atoms with Gasteiger partial charge in [0.1, 0.15) is 5.70 Å². The van der Waals surface area contributed by atoms with Crippen LogP contribution in [0.5, 0.6) is 0 Å². The second kappa shape index (κ2) is 6.40. The van der Waals surface area contributed by atoms with Crippen molar-refractivity contribution in [3.05, 3.63) is 41.1 Å². The maximum absolute atomic E-state index is 12.1. The van der Waals surface area contributed by atoms with Crippen LogP contribution in [0, 0.1) is 6.92 Å². The van der Waals surface area contributed by atoms with Crippen LogP contribution in [0.3, 0.4) is 0 Å². The zero-order valence-electron chi connectivity index (χ0n) is 12.3. The average molecular weight is 303 g/mol. The van der Waals surface area contributed by atoms with Crippen LogP contribution in [0.4, 0.5) is 5.69 Å². The predicted octanol–water partition coefficient (Wildman–Crippen LogP) is 0.0115. The number of amides is 3. The molecule has 0 spiro atoms. The van der Waals surface area contributed by atoms with Crippen molar-refractivity contribution in [2.24, 2.45) is 0 Å². The molecule has 0 aliphatic carbocycles. The Bertz CT molecular complexity index is 667. The lowest BCUT2D eigenvalue weighted by Crippen LogP contribution is -2.34. The molecular formula is C15H17N3O4. The molecule has 22 heavy (non-hydrogen) atoms. The van der Waals surface area contributed by atoms with Crippen LogP contribution in [0.2, 0.25) is 0 Å². The minimum atomic E-state index is -0.496. The van der Waals surface area contributed by atoms with Gasteiger partial charge in [-0.25, -0.2) is 0 Å². The number of benzene rings is 1. The second-order valence-corrected chi connectivity index (χ2v) is 4.76. The summed E-state index contributed by atoms with van der Waals surface area (Å²) in [5.74, 6) is -1.20. The minimum absolute atomic E-state index is 0.0450. The normalized spacial score (nSPS) is 14.1. The van der Waals surface area contributed by atoms with Gasteiger partial charge in [0.05, 0.1) is 13.2 Å². The van der Waals surface area contributed by atoms with Gasteiger partial charge in [-0.2, -0.15) is 0 Å². The van der Waals surface area contributed by atoms with E-state index >= 15 is 0 Å². The number of β-amino-alcohol motifs (C(OH)–C–C–N with tert-alkyl or cyclic N) is 1. The molecule has 2 rings (SSSR count). The molecule has 1 aromatic rings. The van der Waals surface area contributed by atoms with E-state index in [-0.39, 0.29) is 24.8 Å². The Hall–Kier alpha value is -2.67. The minimum Gasteiger partial charge on any atom is -0.395 e. The Balaban J connectivity index is 2.25. The number of hydrogen-bond acceptors (Lipinski definition) is 5. The van der Waals surface area contributed by atoms with Crippen molar-refractivity contribution in [3.8, 4) is 0 Å². The lowest BCUT2D eigenvalue weighted by atomic mass is 10.1.